The lowest BCUT2D eigenvalue weighted by Gasteiger charge is -2.09. The Morgan fingerprint density at radius 2 is 2.05 bits per heavy atom. The Morgan fingerprint density at radius 1 is 1.21 bits per heavy atom. The van der Waals surface area contributed by atoms with Crippen molar-refractivity contribution in [2.45, 2.75) is 6.54 Å². The quantitative estimate of drug-likeness (QED) is 0.928. The van der Waals surface area contributed by atoms with Gasteiger partial charge in [0.1, 0.15) is 17.8 Å². The van der Waals surface area contributed by atoms with Crippen molar-refractivity contribution in [3.63, 3.8) is 0 Å². The molecule has 0 saturated heterocycles. The fraction of sp³-hybridized carbons (Fsp3) is 0.0714. The largest absolute Gasteiger partial charge is 0.380 e. The predicted octanol–water partition coefficient (Wildman–Crippen LogP) is 3.09. The minimum absolute atomic E-state index is 0.371. The van der Waals surface area contributed by atoms with Crippen molar-refractivity contribution in [1.29, 1.82) is 10.5 Å². The van der Waals surface area contributed by atoms with Gasteiger partial charge in [-0.05, 0) is 24.3 Å². The van der Waals surface area contributed by atoms with Crippen molar-refractivity contribution in [3.05, 3.63) is 58.4 Å². The van der Waals surface area contributed by atoms with Gasteiger partial charge < -0.3 is 5.32 Å². The molecule has 0 spiro atoms. The van der Waals surface area contributed by atoms with Gasteiger partial charge in [0.15, 0.2) is 0 Å². The number of nitrogens with zero attached hydrogens (tertiary/aromatic N) is 3. The van der Waals surface area contributed by atoms with E-state index in [1.807, 2.05) is 12.1 Å². The summed E-state index contributed by atoms with van der Waals surface area (Å²) >= 11 is 5.90. The summed E-state index contributed by atoms with van der Waals surface area (Å²) in [4.78, 5) is 3.98. The first kappa shape index (κ1) is 12.9. The highest BCUT2D eigenvalue weighted by Crippen LogP contribution is 2.21. The third-order valence-electron chi connectivity index (χ3n) is 2.57. The molecule has 0 aliphatic carbocycles. The third kappa shape index (κ3) is 3.01. The van der Waals surface area contributed by atoms with Crippen LogP contribution in [-0.4, -0.2) is 4.98 Å². The Labute approximate surface area is 115 Å². The average Bonchev–Trinajstić information content (AvgIpc) is 2.45. The molecule has 2 aromatic rings. The zero-order valence-electron chi connectivity index (χ0n) is 9.89. The van der Waals surface area contributed by atoms with E-state index >= 15 is 0 Å². The molecule has 1 aromatic carbocycles. The standard InChI is InChI=1S/C14H9ClN4/c15-12-4-3-10(7-16)13(6-12)19-9-11-2-1-5-18-14(11)8-17/h1-6,19H,9H2. The molecule has 1 N–H and O–H groups in total. The molecular weight excluding hydrogens is 260 g/mol. The van der Waals surface area contributed by atoms with E-state index in [1.54, 1.807) is 30.5 Å². The van der Waals surface area contributed by atoms with Crippen LogP contribution in [0.2, 0.25) is 5.02 Å². The van der Waals surface area contributed by atoms with E-state index in [4.69, 9.17) is 22.1 Å². The molecule has 1 aromatic heterocycles. The first-order valence-corrected chi connectivity index (χ1v) is 5.90. The lowest BCUT2D eigenvalue weighted by atomic mass is 10.1. The van der Waals surface area contributed by atoms with Gasteiger partial charge in [0.05, 0.1) is 11.3 Å². The molecule has 0 amide bonds. The Kier molecular flexibility index (Phi) is 3.97. The maximum Gasteiger partial charge on any atom is 0.145 e. The Hall–Kier alpha value is -2.56. The molecule has 19 heavy (non-hydrogen) atoms. The molecule has 0 radical (unpaired) electrons. The second-order valence-electron chi connectivity index (χ2n) is 3.78. The molecule has 2 rings (SSSR count). The maximum atomic E-state index is 9.01. The zero-order chi connectivity index (χ0) is 13.7. The van der Waals surface area contributed by atoms with Crippen LogP contribution in [0.15, 0.2) is 36.5 Å². The Balaban J connectivity index is 2.22. The highest BCUT2D eigenvalue weighted by Gasteiger charge is 2.05. The van der Waals surface area contributed by atoms with Crippen LogP contribution in [0, 0.1) is 22.7 Å². The normalized spacial score (nSPS) is 9.42. The van der Waals surface area contributed by atoms with E-state index in [0.717, 1.165) is 5.56 Å². The number of nitriles is 2. The van der Waals surface area contributed by atoms with Crippen molar-refractivity contribution in [2.75, 3.05) is 5.32 Å². The fourth-order valence-corrected chi connectivity index (χ4v) is 1.80. The number of hydrogen-bond donors (Lipinski definition) is 1. The van der Waals surface area contributed by atoms with Crippen LogP contribution in [0.25, 0.3) is 0 Å². The van der Waals surface area contributed by atoms with E-state index in [2.05, 4.69) is 16.4 Å². The van der Waals surface area contributed by atoms with Crippen molar-refractivity contribution in [2.24, 2.45) is 0 Å². The van der Waals surface area contributed by atoms with Crippen LogP contribution in [0.1, 0.15) is 16.8 Å². The second kappa shape index (κ2) is 5.86. The molecule has 0 atom stereocenters. The van der Waals surface area contributed by atoms with Gasteiger partial charge in [-0.1, -0.05) is 17.7 Å². The number of anilines is 1. The summed E-state index contributed by atoms with van der Waals surface area (Å²) in [6.07, 6.45) is 1.57. The number of aromatic nitrogens is 1. The van der Waals surface area contributed by atoms with E-state index in [1.165, 1.54) is 0 Å². The average molecular weight is 269 g/mol. The molecule has 0 bridgehead atoms. The molecular formula is C14H9ClN4. The second-order valence-corrected chi connectivity index (χ2v) is 4.21. The van der Waals surface area contributed by atoms with E-state index in [0.29, 0.717) is 28.5 Å². The summed E-state index contributed by atoms with van der Waals surface area (Å²) in [5.41, 5.74) is 2.29. The number of rotatable bonds is 3. The number of benzene rings is 1. The zero-order valence-corrected chi connectivity index (χ0v) is 10.6. The number of nitrogens with one attached hydrogen (secondary N) is 1. The smallest absolute Gasteiger partial charge is 0.145 e. The van der Waals surface area contributed by atoms with Crippen LogP contribution in [-0.2, 0) is 6.54 Å². The topological polar surface area (TPSA) is 72.5 Å². The first-order valence-electron chi connectivity index (χ1n) is 5.52. The van der Waals surface area contributed by atoms with Crippen LogP contribution in [0.3, 0.4) is 0 Å². The highest BCUT2D eigenvalue weighted by atomic mass is 35.5. The van der Waals surface area contributed by atoms with E-state index in [-0.39, 0.29) is 0 Å². The molecule has 92 valence electrons. The van der Waals surface area contributed by atoms with Crippen LogP contribution in [0.5, 0.6) is 0 Å². The minimum Gasteiger partial charge on any atom is -0.380 e. The van der Waals surface area contributed by atoms with Crippen LogP contribution >= 0.6 is 11.6 Å². The number of halogens is 1. The Morgan fingerprint density at radius 3 is 2.79 bits per heavy atom. The summed E-state index contributed by atoms with van der Waals surface area (Å²) in [6, 6.07) is 12.7. The van der Waals surface area contributed by atoms with Crippen molar-refractivity contribution in [1.82, 2.24) is 4.98 Å². The monoisotopic (exact) mass is 268 g/mol. The maximum absolute atomic E-state index is 9.01. The molecule has 5 heteroatoms. The van der Waals surface area contributed by atoms with Gasteiger partial charge in [-0.25, -0.2) is 4.98 Å². The Bertz CT molecular complexity index is 683. The lowest BCUT2D eigenvalue weighted by Crippen LogP contribution is -2.04. The van der Waals surface area contributed by atoms with Gasteiger partial charge in [0, 0.05) is 23.3 Å². The molecule has 0 fully saturated rings. The SMILES string of the molecule is N#Cc1ccc(Cl)cc1NCc1cccnc1C#N. The van der Waals surface area contributed by atoms with Gasteiger partial charge in [0.2, 0.25) is 0 Å². The van der Waals surface area contributed by atoms with Gasteiger partial charge in [-0.2, -0.15) is 10.5 Å². The van der Waals surface area contributed by atoms with E-state index in [9.17, 15) is 0 Å². The molecule has 0 saturated carbocycles. The van der Waals surface area contributed by atoms with Gasteiger partial charge in [-0.3, -0.25) is 0 Å². The summed E-state index contributed by atoms with van der Waals surface area (Å²) in [6.45, 7) is 0.408. The molecule has 0 aliphatic rings. The number of pyridine rings is 1. The van der Waals surface area contributed by atoms with Crippen molar-refractivity contribution in [3.8, 4) is 12.1 Å². The third-order valence-corrected chi connectivity index (χ3v) is 2.80. The summed E-state index contributed by atoms with van der Waals surface area (Å²) < 4.78 is 0. The van der Waals surface area contributed by atoms with Crippen molar-refractivity contribution < 1.29 is 0 Å². The lowest BCUT2D eigenvalue weighted by molar-refractivity contribution is 1.09. The van der Waals surface area contributed by atoms with Crippen LogP contribution in [0.4, 0.5) is 5.69 Å². The summed E-state index contributed by atoms with van der Waals surface area (Å²) in [7, 11) is 0. The predicted molar refractivity (Wildman–Crippen MR) is 72.4 cm³/mol. The first-order chi connectivity index (χ1) is 9.24. The van der Waals surface area contributed by atoms with E-state index < -0.39 is 0 Å². The summed E-state index contributed by atoms with van der Waals surface area (Å²) in [5.74, 6) is 0. The highest BCUT2D eigenvalue weighted by molar-refractivity contribution is 6.30. The van der Waals surface area contributed by atoms with Crippen LogP contribution < -0.4 is 5.32 Å². The van der Waals surface area contributed by atoms with Gasteiger partial charge in [-0.15, -0.1) is 0 Å². The molecule has 1 heterocycles. The summed E-state index contributed by atoms with van der Waals surface area (Å²) in [5, 5.41) is 21.6. The van der Waals surface area contributed by atoms with Gasteiger partial charge >= 0.3 is 0 Å². The molecule has 0 unspecified atom stereocenters. The van der Waals surface area contributed by atoms with Gasteiger partial charge in [0.25, 0.3) is 0 Å². The molecule has 0 aliphatic heterocycles. The fourth-order valence-electron chi connectivity index (χ4n) is 1.63. The number of hydrogen-bond acceptors (Lipinski definition) is 4. The minimum atomic E-state index is 0.371. The molecule has 4 nitrogen and oxygen atoms in total. The van der Waals surface area contributed by atoms with Crippen molar-refractivity contribution >= 4 is 17.3 Å².